The molecule has 1 aliphatic heterocycles. The van der Waals surface area contributed by atoms with Crippen LogP contribution in [-0.2, 0) is 22.6 Å². The summed E-state index contributed by atoms with van der Waals surface area (Å²) in [7, 11) is 0. The lowest BCUT2D eigenvalue weighted by Crippen LogP contribution is -2.32. The average molecular weight is 424 g/mol. The van der Waals surface area contributed by atoms with Gasteiger partial charge in [-0.1, -0.05) is 6.07 Å². The Morgan fingerprint density at radius 2 is 2.17 bits per heavy atom. The molecule has 1 aliphatic rings. The van der Waals surface area contributed by atoms with E-state index in [-0.39, 0.29) is 12.0 Å². The van der Waals surface area contributed by atoms with Gasteiger partial charge in [0.05, 0.1) is 37.4 Å². The molecule has 1 amide bonds. The lowest BCUT2D eigenvalue weighted by molar-refractivity contribution is -0.0946. The summed E-state index contributed by atoms with van der Waals surface area (Å²) in [5.74, 6) is -0.106. The molecule has 9 nitrogen and oxygen atoms in total. The fraction of sp³-hybridized carbons (Fsp3) is 0.300. The molecule has 0 aliphatic carbocycles. The van der Waals surface area contributed by atoms with E-state index in [9.17, 15) is 4.79 Å². The molecule has 30 heavy (non-hydrogen) atoms. The Kier molecular flexibility index (Phi) is 5.26. The van der Waals surface area contributed by atoms with E-state index in [1.54, 1.807) is 4.52 Å². The van der Waals surface area contributed by atoms with Crippen LogP contribution in [0.15, 0.2) is 49.2 Å². The smallest absolute Gasteiger partial charge is 0.261 e. The van der Waals surface area contributed by atoms with Gasteiger partial charge in [0.1, 0.15) is 12.4 Å². The molecule has 0 radical (unpaired) electrons. The van der Waals surface area contributed by atoms with Gasteiger partial charge in [-0.15, -0.1) is 11.3 Å². The van der Waals surface area contributed by atoms with Crippen LogP contribution in [0.1, 0.15) is 15.2 Å². The van der Waals surface area contributed by atoms with Crippen LogP contribution in [-0.4, -0.2) is 56.2 Å². The van der Waals surface area contributed by atoms with Gasteiger partial charge < -0.3 is 14.8 Å². The molecule has 154 valence electrons. The van der Waals surface area contributed by atoms with Gasteiger partial charge in [-0.2, -0.15) is 10.2 Å². The Bertz CT molecular complexity index is 1160. The van der Waals surface area contributed by atoms with Gasteiger partial charge in [-0.05, 0) is 23.8 Å². The van der Waals surface area contributed by atoms with Crippen molar-refractivity contribution in [2.24, 2.45) is 0 Å². The van der Waals surface area contributed by atoms with Crippen molar-refractivity contribution in [3.8, 4) is 10.4 Å². The van der Waals surface area contributed by atoms with Gasteiger partial charge in [0, 0.05) is 29.4 Å². The highest BCUT2D eigenvalue weighted by molar-refractivity contribution is 7.17. The van der Waals surface area contributed by atoms with Crippen LogP contribution in [0.3, 0.4) is 0 Å². The predicted octanol–water partition coefficient (Wildman–Crippen LogP) is 2.00. The van der Waals surface area contributed by atoms with Gasteiger partial charge in [0.25, 0.3) is 5.91 Å². The largest absolute Gasteiger partial charge is 0.376 e. The SMILES string of the molecule is O=C(NCc1ccc2ncnn2c1)c1ccc(-c2cnn(CC3COCCO3)c2)s1. The number of hydrogen-bond acceptors (Lipinski definition) is 7. The van der Waals surface area contributed by atoms with E-state index in [1.165, 1.54) is 17.7 Å². The van der Waals surface area contributed by atoms with Gasteiger partial charge in [-0.25, -0.2) is 9.50 Å². The molecular formula is C20H20N6O3S. The fourth-order valence-corrected chi connectivity index (χ4v) is 4.19. The second kappa shape index (κ2) is 8.34. The van der Waals surface area contributed by atoms with E-state index < -0.39 is 0 Å². The molecule has 0 bridgehead atoms. The highest BCUT2D eigenvalue weighted by Crippen LogP contribution is 2.28. The summed E-state index contributed by atoms with van der Waals surface area (Å²) in [5, 5.41) is 11.5. The molecule has 5 rings (SSSR count). The van der Waals surface area contributed by atoms with Crippen LogP contribution in [0.25, 0.3) is 16.1 Å². The first-order chi connectivity index (χ1) is 14.7. The van der Waals surface area contributed by atoms with Gasteiger partial charge in [0.2, 0.25) is 0 Å². The maximum atomic E-state index is 12.6. The predicted molar refractivity (Wildman–Crippen MR) is 110 cm³/mol. The number of rotatable bonds is 6. The van der Waals surface area contributed by atoms with Crippen LogP contribution >= 0.6 is 11.3 Å². The van der Waals surface area contributed by atoms with Crippen molar-refractivity contribution in [3.05, 3.63) is 59.6 Å². The number of hydrogen-bond donors (Lipinski definition) is 1. The number of aromatic nitrogens is 5. The zero-order chi connectivity index (χ0) is 20.3. The highest BCUT2D eigenvalue weighted by Gasteiger charge is 2.16. The molecule has 10 heteroatoms. The van der Waals surface area contributed by atoms with Crippen molar-refractivity contribution in [1.82, 2.24) is 29.7 Å². The number of pyridine rings is 1. The lowest BCUT2D eigenvalue weighted by atomic mass is 10.2. The zero-order valence-corrected chi connectivity index (χ0v) is 16.9. The minimum atomic E-state index is -0.106. The lowest BCUT2D eigenvalue weighted by Gasteiger charge is -2.22. The van der Waals surface area contributed by atoms with Crippen molar-refractivity contribution in [3.63, 3.8) is 0 Å². The summed E-state index contributed by atoms with van der Waals surface area (Å²) in [6.07, 6.45) is 7.16. The number of carbonyl (C=O) groups excluding carboxylic acids is 1. The summed E-state index contributed by atoms with van der Waals surface area (Å²) >= 11 is 1.44. The van der Waals surface area contributed by atoms with E-state index in [4.69, 9.17) is 9.47 Å². The van der Waals surface area contributed by atoms with Crippen molar-refractivity contribution in [2.45, 2.75) is 19.2 Å². The topological polar surface area (TPSA) is 95.6 Å². The van der Waals surface area contributed by atoms with Crippen molar-refractivity contribution in [2.75, 3.05) is 19.8 Å². The molecule has 1 unspecified atom stereocenters. The number of nitrogens with one attached hydrogen (secondary N) is 1. The summed E-state index contributed by atoms with van der Waals surface area (Å²) < 4.78 is 14.6. The molecule has 1 atom stereocenters. The average Bonchev–Trinajstić information content (AvgIpc) is 3.52. The second-order valence-corrected chi connectivity index (χ2v) is 8.05. The van der Waals surface area contributed by atoms with Gasteiger partial charge in [0.15, 0.2) is 5.65 Å². The second-order valence-electron chi connectivity index (χ2n) is 6.97. The Morgan fingerprint density at radius 3 is 3.07 bits per heavy atom. The zero-order valence-electron chi connectivity index (χ0n) is 16.1. The van der Waals surface area contributed by atoms with Crippen molar-refractivity contribution >= 4 is 22.9 Å². The standard InChI is InChI=1S/C20H20N6O3S/c27-20(21-7-14-1-4-19-22-13-24-26(19)9-14)18-3-2-17(30-18)15-8-23-25(10-15)11-16-12-28-5-6-29-16/h1-4,8-10,13,16H,5-7,11-12H2,(H,21,27). The Labute approximate surface area is 176 Å². The minimum absolute atomic E-state index is 0.0212. The summed E-state index contributed by atoms with van der Waals surface area (Å²) in [6, 6.07) is 7.59. The third-order valence-corrected chi connectivity index (χ3v) is 5.94. The maximum absolute atomic E-state index is 12.6. The van der Waals surface area contributed by atoms with Crippen LogP contribution in [0.5, 0.6) is 0 Å². The van der Waals surface area contributed by atoms with Crippen LogP contribution in [0.4, 0.5) is 0 Å². The van der Waals surface area contributed by atoms with Crippen molar-refractivity contribution < 1.29 is 14.3 Å². The fourth-order valence-electron chi connectivity index (χ4n) is 3.29. The summed E-state index contributed by atoms with van der Waals surface area (Å²) in [4.78, 5) is 18.3. The molecule has 0 aromatic carbocycles. The third kappa shape index (κ3) is 4.11. The first-order valence-corrected chi connectivity index (χ1v) is 10.4. The van der Waals surface area contributed by atoms with E-state index in [1.807, 2.05) is 47.5 Å². The van der Waals surface area contributed by atoms with Crippen LogP contribution in [0.2, 0.25) is 0 Å². The molecule has 4 aromatic rings. The van der Waals surface area contributed by atoms with Gasteiger partial charge in [-0.3, -0.25) is 9.48 Å². The first kappa shape index (κ1) is 18.9. The van der Waals surface area contributed by atoms with E-state index in [2.05, 4.69) is 20.5 Å². The van der Waals surface area contributed by atoms with E-state index >= 15 is 0 Å². The Balaban J connectivity index is 1.21. The highest BCUT2D eigenvalue weighted by atomic mass is 32.1. The molecule has 1 saturated heterocycles. The van der Waals surface area contributed by atoms with Crippen LogP contribution in [0, 0.1) is 0 Å². The Morgan fingerprint density at radius 1 is 1.20 bits per heavy atom. The normalized spacial score (nSPS) is 16.7. The number of fused-ring (bicyclic) bond motifs is 1. The summed E-state index contributed by atoms with van der Waals surface area (Å²) in [5.41, 5.74) is 2.71. The number of nitrogens with zero attached hydrogens (tertiary/aromatic N) is 5. The number of ether oxygens (including phenoxy) is 2. The molecule has 5 heterocycles. The van der Waals surface area contributed by atoms with E-state index in [0.29, 0.717) is 37.8 Å². The van der Waals surface area contributed by atoms with Crippen molar-refractivity contribution in [1.29, 1.82) is 0 Å². The third-order valence-electron chi connectivity index (χ3n) is 4.81. The number of thiophene rings is 1. The number of amides is 1. The summed E-state index contributed by atoms with van der Waals surface area (Å²) in [6.45, 7) is 2.92. The molecule has 1 N–H and O–H groups in total. The molecular weight excluding hydrogens is 404 g/mol. The number of carbonyl (C=O) groups is 1. The van der Waals surface area contributed by atoms with E-state index in [0.717, 1.165) is 21.7 Å². The molecule has 0 spiro atoms. The Hall–Kier alpha value is -3.08. The quantitative estimate of drug-likeness (QED) is 0.509. The molecule has 0 saturated carbocycles. The monoisotopic (exact) mass is 424 g/mol. The van der Waals surface area contributed by atoms with Crippen LogP contribution < -0.4 is 5.32 Å². The van der Waals surface area contributed by atoms with Gasteiger partial charge >= 0.3 is 0 Å². The minimum Gasteiger partial charge on any atom is -0.376 e. The maximum Gasteiger partial charge on any atom is 0.261 e. The molecule has 1 fully saturated rings. The first-order valence-electron chi connectivity index (χ1n) is 9.63. The molecule has 4 aromatic heterocycles.